The number of hydrogen-bond acceptors (Lipinski definition) is 9. The highest BCUT2D eigenvalue weighted by molar-refractivity contribution is 5.91. The molecule has 1 aliphatic rings. The van der Waals surface area contributed by atoms with Gasteiger partial charge >= 0.3 is 11.8 Å². The third-order valence-corrected chi connectivity index (χ3v) is 8.77. The van der Waals surface area contributed by atoms with Gasteiger partial charge in [-0.15, -0.1) is 0 Å². The molecule has 4 aromatic rings. The number of aromatic nitrogens is 4. The lowest BCUT2D eigenvalue weighted by molar-refractivity contribution is 0.0218. The van der Waals surface area contributed by atoms with Gasteiger partial charge in [-0.2, -0.15) is 4.98 Å². The number of phenols is 1. The van der Waals surface area contributed by atoms with Gasteiger partial charge in [0.25, 0.3) is 0 Å². The average Bonchev–Trinajstić information content (AvgIpc) is 3.04. The lowest BCUT2D eigenvalue weighted by Gasteiger charge is -2.41. The fraction of sp³-hybridized carbons (Fsp3) is 0.472. The van der Waals surface area contributed by atoms with E-state index in [1.807, 2.05) is 25.7 Å². The zero-order chi connectivity index (χ0) is 35.6. The molecule has 1 amide bonds. The third-order valence-electron chi connectivity index (χ3n) is 8.77. The first kappa shape index (κ1) is 35.7. The monoisotopic (exact) mass is 678 g/mol. The molecular weight excluding hydrogens is 634 g/mol. The van der Waals surface area contributed by atoms with Crippen LogP contribution in [0.5, 0.6) is 5.75 Å². The van der Waals surface area contributed by atoms with E-state index in [1.165, 1.54) is 22.8 Å². The van der Waals surface area contributed by atoms with Crippen LogP contribution in [0.4, 0.5) is 19.4 Å². The summed E-state index contributed by atoms with van der Waals surface area (Å²) in [5.74, 6) is -2.23. The topological polar surface area (TPSA) is 134 Å². The molecule has 0 spiro atoms. The van der Waals surface area contributed by atoms with Crippen LogP contribution in [-0.2, 0) is 11.2 Å². The average molecular weight is 679 g/mol. The predicted octanol–water partition coefficient (Wildman–Crippen LogP) is 6.10. The molecule has 2 atom stereocenters. The molecule has 1 aromatic carbocycles. The Bertz CT molecular complexity index is 1890. The molecule has 49 heavy (non-hydrogen) atoms. The minimum atomic E-state index is -0.919. The number of benzene rings is 1. The molecule has 2 N–H and O–H groups in total. The number of unbranched alkanes of at least 4 members (excludes halogenated alkanes) is 1. The van der Waals surface area contributed by atoms with Crippen LogP contribution < -0.4 is 10.6 Å². The second-order valence-corrected chi connectivity index (χ2v) is 13.5. The second kappa shape index (κ2) is 14.5. The highest BCUT2D eigenvalue weighted by Gasteiger charge is 2.33. The summed E-state index contributed by atoms with van der Waals surface area (Å²) < 4.78 is 38.2. The molecule has 1 saturated heterocycles. The van der Waals surface area contributed by atoms with Crippen LogP contribution in [0.25, 0.3) is 28.0 Å². The first-order chi connectivity index (χ1) is 23.2. The summed E-state index contributed by atoms with van der Waals surface area (Å²) in [6.45, 7) is 12.0. The van der Waals surface area contributed by atoms with Crippen LogP contribution in [0.3, 0.4) is 0 Å². The molecule has 11 nitrogen and oxygen atoms in total. The van der Waals surface area contributed by atoms with E-state index in [0.29, 0.717) is 37.1 Å². The summed E-state index contributed by atoms with van der Waals surface area (Å²) >= 11 is 0. The number of hydrogen-bond donors (Lipinski definition) is 2. The molecule has 1 aliphatic heterocycles. The van der Waals surface area contributed by atoms with Crippen molar-refractivity contribution in [3.8, 4) is 22.7 Å². The number of fused-ring (bicyclic) bond motifs is 1. The SMILES string of the molecule is CCC(C)c1nccc(CCCCO)c1-n1c(=O)nc(N2CCN(C(=O)OC(C)(C)C)C[C@@H]2C)c2cc(F)c(-c3c(O)cccc3F)nc21. The fourth-order valence-corrected chi connectivity index (χ4v) is 6.17. The normalized spacial score (nSPS) is 15.9. The van der Waals surface area contributed by atoms with Gasteiger partial charge in [-0.1, -0.05) is 19.9 Å². The number of halogens is 2. The van der Waals surface area contributed by atoms with Crippen molar-refractivity contribution < 1.29 is 28.5 Å². The lowest BCUT2D eigenvalue weighted by atomic mass is 9.97. The summed E-state index contributed by atoms with van der Waals surface area (Å²) in [6, 6.07) is 6.25. The molecule has 1 fully saturated rings. The molecule has 0 saturated carbocycles. The van der Waals surface area contributed by atoms with E-state index in [4.69, 9.17) is 4.74 Å². The zero-order valence-corrected chi connectivity index (χ0v) is 28.8. The predicted molar refractivity (Wildman–Crippen MR) is 183 cm³/mol. The fourth-order valence-electron chi connectivity index (χ4n) is 6.17. The van der Waals surface area contributed by atoms with Crippen molar-refractivity contribution in [2.75, 3.05) is 31.1 Å². The largest absolute Gasteiger partial charge is 0.507 e. The number of carbonyl (C=O) groups is 1. The molecule has 0 radical (unpaired) electrons. The minimum Gasteiger partial charge on any atom is -0.507 e. The first-order valence-electron chi connectivity index (χ1n) is 16.7. The number of aliphatic hydroxyl groups is 1. The Morgan fingerprint density at radius 3 is 2.53 bits per heavy atom. The maximum atomic E-state index is 16.1. The highest BCUT2D eigenvalue weighted by Crippen LogP contribution is 2.37. The van der Waals surface area contributed by atoms with Gasteiger partial charge in [-0.3, -0.25) is 4.98 Å². The number of nitrogens with zero attached hydrogens (tertiary/aromatic N) is 6. The molecule has 0 aliphatic carbocycles. The van der Waals surface area contributed by atoms with Gasteiger partial charge in [0.05, 0.1) is 22.3 Å². The van der Waals surface area contributed by atoms with Gasteiger partial charge in [0.2, 0.25) is 0 Å². The Kier molecular flexibility index (Phi) is 10.5. The smallest absolute Gasteiger partial charge is 0.410 e. The molecule has 5 rings (SSSR count). The minimum absolute atomic E-state index is 0.00741. The van der Waals surface area contributed by atoms with Crippen LogP contribution >= 0.6 is 0 Å². The number of amides is 1. The van der Waals surface area contributed by atoms with E-state index >= 15 is 8.78 Å². The number of carbonyl (C=O) groups excluding carboxylic acids is 1. The quantitative estimate of drug-likeness (QED) is 0.202. The van der Waals surface area contributed by atoms with Crippen molar-refractivity contribution in [1.82, 2.24) is 24.4 Å². The summed E-state index contributed by atoms with van der Waals surface area (Å²) in [5.41, 5.74) is -0.438. The summed E-state index contributed by atoms with van der Waals surface area (Å²) in [4.78, 5) is 44.4. The van der Waals surface area contributed by atoms with Crippen molar-refractivity contribution >= 4 is 22.9 Å². The van der Waals surface area contributed by atoms with Gasteiger partial charge in [-0.05, 0) is 83.2 Å². The maximum absolute atomic E-state index is 16.1. The first-order valence-corrected chi connectivity index (χ1v) is 16.7. The summed E-state index contributed by atoms with van der Waals surface area (Å²) in [7, 11) is 0. The Morgan fingerprint density at radius 2 is 1.88 bits per heavy atom. The number of pyridine rings is 2. The van der Waals surface area contributed by atoms with Crippen molar-refractivity contribution in [1.29, 1.82) is 0 Å². The van der Waals surface area contributed by atoms with E-state index in [2.05, 4.69) is 15.0 Å². The molecule has 4 heterocycles. The Morgan fingerprint density at radius 1 is 1.12 bits per heavy atom. The summed E-state index contributed by atoms with van der Waals surface area (Å²) in [6.07, 6.45) is 3.59. The van der Waals surface area contributed by atoms with Crippen molar-refractivity contribution in [2.45, 2.75) is 84.8 Å². The zero-order valence-electron chi connectivity index (χ0n) is 28.8. The van der Waals surface area contributed by atoms with Crippen LogP contribution in [0, 0.1) is 11.6 Å². The van der Waals surface area contributed by atoms with Gasteiger partial charge in [0.1, 0.15) is 28.7 Å². The van der Waals surface area contributed by atoms with Gasteiger partial charge in [0.15, 0.2) is 11.5 Å². The van der Waals surface area contributed by atoms with E-state index in [1.54, 1.807) is 37.9 Å². The van der Waals surface area contributed by atoms with Crippen LogP contribution in [-0.4, -0.2) is 78.6 Å². The number of aliphatic hydroxyl groups excluding tert-OH is 1. The van der Waals surface area contributed by atoms with Crippen molar-refractivity contribution in [3.63, 3.8) is 0 Å². The van der Waals surface area contributed by atoms with E-state index in [9.17, 15) is 19.8 Å². The second-order valence-electron chi connectivity index (χ2n) is 13.5. The number of phenolic OH excluding ortho intramolecular Hbond substituents is 1. The Labute approximate surface area is 284 Å². The van der Waals surface area contributed by atoms with Gasteiger partial charge in [-0.25, -0.2) is 27.9 Å². The standard InChI is InChI=1S/C36H44F2N6O5/c1-7-21(2)29-31(23(14-15-39-29)11-8-9-18-45)44-33-24(19-26(38)30(40-33)28-25(37)12-10-13-27(28)46)32(41-34(44)47)43-17-16-42(20-22(43)3)35(48)49-36(4,5)6/h10,12-15,19,21-22,45-46H,7-9,11,16-18,20H2,1-6H3/t21?,22-/m0/s1. The van der Waals surface area contributed by atoms with Crippen molar-refractivity contribution in [3.05, 3.63) is 69.9 Å². The number of ether oxygens (including phenoxy) is 1. The van der Waals surface area contributed by atoms with E-state index in [0.717, 1.165) is 11.6 Å². The lowest BCUT2D eigenvalue weighted by Crippen LogP contribution is -2.55. The Hall–Kier alpha value is -4.65. The summed E-state index contributed by atoms with van der Waals surface area (Å²) in [5, 5.41) is 20.3. The highest BCUT2D eigenvalue weighted by atomic mass is 19.1. The number of aryl methyl sites for hydroxylation is 1. The van der Waals surface area contributed by atoms with E-state index < -0.39 is 46.0 Å². The number of anilines is 1. The van der Waals surface area contributed by atoms with Crippen LogP contribution in [0.1, 0.15) is 78.0 Å². The number of rotatable bonds is 9. The maximum Gasteiger partial charge on any atom is 0.410 e. The van der Waals surface area contributed by atoms with Gasteiger partial charge < -0.3 is 24.7 Å². The van der Waals surface area contributed by atoms with Crippen LogP contribution in [0.2, 0.25) is 0 Å². The molecule has 13 heteroatoms. The molecule has 262 valence electrons. The number of aromatic hydroxyl groups is 1. The van der Waals surface area contributed by atoms with E-state index in [-0.39, 0.29) is 55.1 Å². The third kappa shape index (κ3) is 7.36. The Balaban J connectivity index is 1.77. The molecule has 1 unspecified atom stereocenters. The van der Waals surface area contributed by atoms with Crippen LogP contribution in [0.15, 0.2) is 41.3 Å². The van der Waals surface area contributed by atoms with Crippen molar-refractivity contribution in [2.24, 2.45) is 0 Å². The van der Waals surface area contributed by atoms with Gasteiger partial charge in [0, 0.05) is 44.4 Å². The molecular formula is C36H44F2N6O5. The molecule has 3 aromatic heterocycles. The molecule has 0 bridgehead atoms. The number of piperazine rings is 1.